The molecule has 0 aliphatic carbocycles. The first-order valence-corrected chi connectivity index (χ1v) is 12.0. The van der Waals surface area contributed by atoms with Crippen LogP contribution in [0.1, 0.15) is 26.3 Å². The summed E-state index contributed by atoms with van der Waals surface area (Å²) in [5.41, 5.74) is 3.32. The van der Waals surface area contributed by atoms with Crippen LogP contribution in [0.5, 0.6) is 0 Å². The average Bonchev–Trinajstić information content (AvgIpc) is 3.04. The lowest BCUT2D eigenvalue weighted by Crippen LogP contribution is -2.46. The van der Waals surface area contributed by atoms with Crippen LogP contribution >= 0.6 is 11.6 Å². The molecule has 1 N–H and O–H groups in total. The third kappa shape index (κ3) is 5.07. The number of anilines is 2. The molecule has 1 fully saturated rings. The molecular formula is C26H31ClN4O2. The van der Waals surface area contributed by atoms with Crippen LogP contribution in [0.25, 0.3) is 5.57 Å². The van der Waals surface area contributed by atoms with E-state index in [1.807, 2.05) is 26.0 Å². The van der Waals surface area contributed by atoms with E-state index in [4.69, 9.17) is 11.6 Å². The topological polar surface area (TPSA) is 55.9 Å². The molecule has 2 heterocycles. The fraction of sp³-hybridized carbons (Fsp3) is 0.385. The number of carbonyl (C=O) groups is 2. The van der Waals surface area contributed by atoms with Gasteiger partial charge < -0.3 is 15.1 Å². The van der Waals surface area contributed by atoms with Crippen molar-refractivity contribution in [3.05, 3.63) is 64.8 Å². The van der Waals surface area contributed by atoms with Crippen LogP contribution in [0.2, 0.25) is 5.02 Å². The zero-order chi connectivity index (χ0) is 23.5. The number of piperazine rings is 1. The van der Waals surface area contributed by atoms with E-state index in [1.54, 1.807) is 24.3 Å². The van der Waals surface area contributed by atoms with Crippen molar-refractivity contribution in [2.75, 3.05) is 49.5 Å². The third-order valence-electron chi connectivity index (χ3n) is 6.17. The fourth-order valence-electron chi connectivity index (χ4n) is 4.33. The number of hydrogen-bond donors (Lipinski definition) is 1. The van der Waals surface area contributed by atoms with Gasteiger partial charge >= 0.3 is 0 Å². The summed E-state index contributed by atoms with van der Waals surface area (Å²) in [5.74, 6) is -0.390. The number of likely N-dealkylation sites (N-methyl/N-ethyl adjacent to an activating group) is 1. The molecule has 33 heavy (non-hydrogen) atoms. The Morgan fingerprint density at radius 2 is 1.55 bits per heavy atom. The Balaban J connectivity index is 1.58. The summed E-state index contributed by atoms with van der Waals surface area (Å²) in [4.78, 5) is 32.6. The molecule has 4 rings (SSSR count). The second-order valence-corrected chi connectivity index (χ2v) is 9.40. The molecule has 0 bridgehead atoms. The van der Waals surface area contributed by atoms with Gasteiger partial charge in [-0.15, -0.1) is 0 Å². The van der Waals surface area contributed by atoms with Crippen molar-refractivity contribution in [2.45, 2.75) is 20.8 Å². The molecule has 174 valence electrons. The molecule has 2 aromatic rings. The molecule has 6 nitrogen and oxygen atoms in total. The largest absolute Gasteiger partial charge is 0.369 e. The Kier molecular flexibility index (Phi) is 7.05. The molecule has 2 amide bonds. The van der Waals surface area contributed by atoms with Crippen molar-refractivity contribution in [3.63, 3.8) is 0 Å². The van der Waals surface area contributed by atoms with Crippen LogP contribution in [-0.4, -0.2) is 60.9 Å². The molecule has 0 aromatic heterocycles. The van der Waals surface area contributed by atoms with Gasteiger partial charge in [0.25, 0.3) is 11.8 Å². The summed E-state index contributed by atoms with van der Waals surface area (Å²) in [6, 6.07) is 15.1. The van der Waals surface area contributed by atoms with Gasteiger partial charge in [0.05, 0.1) is 5.57 Å². The number of imide groups is 1. The van der Waals surface area contributed by atoms with E-state index < -0.39 is 0 Å². The zero-order valence-corrected chi connectivity index (χ0v) is 20.2. The van der Waals surface area contributed by atoms with Gasteiger partial charge in [-0.1, -0.05) is 44.5 Å². The first kappa shape index (κ1) is 23.3. The number of benzene rings is 2. The van der Waals surface area contributed by atoms with Gasteiger partial charge in [0.15, 0.2) is 0 Å². The molecule has 2 aliphatic heterocycles. The van der Waals surface area contributed by atoms with Gasteiger partial charge in [-0.05, 0) is 54.4 Å². The Labute approximate surface area is 200 Å². The molecule has 7 heteroatoms. The maximum Gasteiger partial charge on any atom is 0.278 e. The Bertz CT molecular complexity index is 1040. The highest BCUT2D eigenvalue weighted by atomic mass is 35.5. The summed E-state index contributed by atoms with van der Waals surface area (Å²) >= 11 is 6.04. The van der Waals surface area contributed by atoms with Gasteiger partial charge in [0.2, 0.25) is 0 Å². The number of hydrogen-bond acceptors (Lipinski definition) is 5. The number of nitrogens with zero attached hydrogens (tertiary/aromatic N) is 3. The molecule has 0 unspecified atom stereocenters. The maximum absolute atomic E-state index is 13.2. The van der Waals surface area contributed by atoms with Gasteiger partial charge in [-0.2, -0.15) is 0 Å². The van der Waals surface area contributed by atoms with Gasteiger partial charge in [-0.25, -0.2) is 0 Å². The molecular weight excluding hydrogens is 436 g/mol. The monoisotopic (exact) mass is 466 g/mol. The first-order chi connectivity index (χ1) is 15.9. The lowest BCUT2D eigenvalue weighted by molar-refractivity contribution is -0.137. The Morgan fingerprint density at radius 3 is 2.12 bits per heavy atom. The lowest BCUT2D eigenvalue weighted by Gasteiger charge is -2.35. The van der Waals surface area contributed by atoms with Crippen LogP contribution in [0.15, 0.2) is 54.2 Å². The van der Waals surface area contributed by atoms with Crippen molar-refractivity contribution in [2.24, 2.45) is 5.92 Å². The molecule has 2 aromatic carbocycles. The minimum Gasteiger partial charge on any atom is -0.369 e. The van der Waals surface area contributed by atoms with Crippen molar-refractivity contribution in [3.8, 4) is 0 Å². The standard InChI is InChI=1S/C26H31ClN4O2/c1-4-29-13-15-30(16-14-29)22-11-9-21(10-12-22)28-24-23(19-5-7-20(27)8-6-19)25(32)31(26(24)33)17-18(2)3/h5-12,18,28H,4,13-17H2,1-3H3. The molecule has 0 atom stereocenters. The van der Waals surface area contributed by atoms with E-state index in [0.29, 0.717) is 28.4 Å². The van der Waals surface area contributed by atoms with Crippen LogP contribution in [-0.2, 0) is 9.59 Å². The predicted octanol–water partition coefficient (Wildman–Crippen LogP) is 4.33. The van der Waals surface area contributed by atoms with Crippen molar-refractivity contribution >= 4 is 40.4 Å². The number of carbonyl (C=O) groups excluding carboxylic acids is 2. The predicted molar refractivity (Wildman–Crippen MR) is 134 cm³/mol. The number of halogens is 1. The molecule has 0 saturated carbocycles. The van der Waals surface area contributed by atoms with Gasteiger partial charge in [0, 0.05) is 49.1 Å². The van der Waals surface area contributed by atoms with E-state index in [9.17, 15) is 9.59 Å². The first-order valence-electron chi connectivity index (χ1n) is 11.6. The van der Waals surface area contributed by atoms with E-state index >= 15 is 0 Å². The Morgan fingerprint density at radius 1 is 0.909 bits per heavy atom. The number of nitrogens with one attached hydrogen (secondary N) is 1. The van der Waals surface area contributed by atoms with E-state index in [0.717, 1.165) is 38.4 Å². The highest BCUT2D eigenvalue weighted by Gasteiger charge is 2.39. The minimum atomic E-state index is -0.293. The summed E-state index contributed by atoms with van der Waals surface area (Å²) in [6.07, 6.45) is 0. The van der Waals surface area contributed by atoms with Crippen LogP contribution in [0, 0.1) is 5.92 Å². The molecule has 1 saturated heterocycles. The summed E-state index contributed by atoms with van der Waals surface area (Å²) in [5, 5.41) is 3.83. The molecule has 0 spiro atoms. The normalized spacial score (nSPS) is 17.5. The van der Waals surface area contributed by atoms with E-state index in [2.05, 4.69) is 34.2 Å². The maximum atomic E-state index is 13.2. The smallest absolute Gasteiger partial charge is 0.278 e. The highest BCUT2D eigenvalue weighted by molar-refractivity contribution is 6.36. The highest BCUT2D eigenvalue weighted by Crippen LogP contribution is 2.32. The van der Waals surface area contributed by atoms with Gasteiger partial charge in [-0.3, -0.25) is 14.5 Å². The lowest BCUT2D eigenvalue weighted by atomic mass is 10.0. The quantitative estimate of drug-likeness (QED) is 0.615. The minimum absolute atomic E-state index is 0.177. The fourth-order valence-corrected chi connectivity index (χ4v) is 4.46. The van der Waals surface area contributed by atoms with Gasteiger partial charge in [0.1, 0.15) is 5.70 Å². The zero-order valence-electron chi connectivity index (χ0n) is 19.5. The number of rotatable bonds is 7. The molecule has 0 radical (unpaired) electrons. The third-order valence-corrected chi connectivity index (χ3v) is 6.42. The summed E-state index contributed by atoms with van der Waals surface area (Å²) in [6.45, 7) is 11.8. The SMILES string of the molecule is CCN1CCN(c2ccc(NC3=C(c4ccc(Cl)cc4)C(=O)N(CC(C)C)C3=O)cc2)CC1. The van der Waals surface area contributed by atoms with E-state index in [-0.39, 0.29) is 17.7 Å². The van der Waals surface area contributed by atoms with E-state index in [1.165, 1.54) is 10.6 Å². The summed E-state index contributed by atoms with van der Waals surface area (Å²) in [7, 11) is 0. The molecule has 2 aliphatic rings. The van der Waals surface area contributed by atoms with Crippen LogP contribution in [0.4, 0.5) is 11.4 Å². The second-order valence-electron chi connectivity index (χ2n) is 8.96. The van der Waals surface area contributed by atoms with Crippen molar-refractivity contribution < 1.29 is 9.59 Å². The Hall–Kier alpha value is -2.83. The average molecular weight is 467 g/mol. The second kappa shape index (κ2) is 9.98. The van der Waals surface area contributed by atoms with Crippen molar-refractivity contribution in [1.29, 1.82) is 0 Å². The van der Waals surface area contributed by atoms with Crippen LogP contribution < -0.4 is 10.2 Å². The van der Waals surface area contributed by atoms with Crippen molar-refractivity contribution in [1.82, 2.24) is 9.80 Å². The summed E-state index contributed by atoms with van der Waals surface area (Å²) < 4.78 is 0. The van der Waals surface area contributed by atoms with Crippen LogP contribution in [0.3, 0.4) is 0 Å². The number of amides is 2.